The molecule has 1 atom stereocenters. The van der Waals surface area contributed by atoms with Crippen molar-refractivity contribution < 1.29 is 12.6 Å². The van der Waals surface area contributed by atoms with Crippen molar-refractivity contribution in [3.8, 4) is 0 Å². The monoisotopic (exact) mass is 122 g/mol. The fourth-order valence-corrected chi connectivity index (χ4v) is 0. The molecule has 0 saturated carbocycles. The maximum Gasteiger partial charge on any atom is 0.456 e. The Bertz CT molecular complexity index is 9.61. The predicted molar refractivity (Wildman–Crippen MR) is 21.3 cm³/mol. The summed E-state index contributed by atoms with van der Waals surface area (Å²) in [5.74, 6) is 0. The molecule has 0 rings (SSSR count). The van der Waals surface area contributed by atoms with Gasteiger partial charge in [-0.2, -0.15) is 22.5 Å². The Morgan fingerprint density at radius 3 is 1.00 bits per heavy atom. The third-order valence-corrected chi connectivity index (χ3v) is 0. The van der Waals surface area contributed by atoms with Crippen molar-refractivity contribution in [1.82, 2.24) is 0 Å². The van der Waals surface area contributed by atoms with Crippen molar-refractivity contribution in [3.63, 3.8) is 0 Å². The Kier molecular flexibility index (Phi) is 8.53. The van der Waals surface area contributed by atoms with E-state index >= 15 is 0 Å². The molecule has 5 heavy (non-hydrogen) atoms. The molecule has 0 heterocycles. The molecule has 0 aliphatic heterocycles. The van der Waals surface area contributed by atoms with E-state index in [2.05, 4.69) is 0 Å². The maximum atomic E-state index is 9.73. The molecule has 0 radical (unpaired) electrons. The Labute approximate surface area is 32.5 Å². The van der Waals surface area contributed by atoms with Gasteiger partial charge in [-0.25, -0.2) is 0 Å². The van der Waals surface area contributed by atoms with Crippen LogP contribution in [0.1, 0.15) is 0 Å². The molecule has 0 aliphatic carbocycles. The van der Waals surface area contributed by atoms with Crippen LogP contribution in [0, 0.1) is 0 Å². The normalized spacial score (nSPS) is 7.20. The van der Waals surface area contributed by atoms with Gasteiger partial charge in [-0.15, -0.1) is 0 Å². The smallest absolute Gasteiger partial charge is 0.153 e. The molecule has 0 spiro atoms. The lowest BCUT2D eigenvalue weighted by molar-refractivity contribution is 0.633. The summed E-state index contributed by atoms with van der Waals surface area (Å²) in [6.45, 7) is 0. The summed E-state index contributed by atoms with van der Waals surface area (Å²) in [7, 11) is -4.12. The van der Waals surface area contributed by atoms with Gasteiger partial charge in [-0.05, 0) is 0 Å². The van der Waals surface area contributed by atoms with Crippen LogP contribution in [0.3, 0.4) is 0 Å². The first-order valence-electron chi connectivity index (χ1n) is 0.507. The Morgan fingerprint density at radius 1 is 1.00 bits per heavy atom. The SMILES string of the molecule is FP(F)F.P. The standard InChI is InChI=1S/F3P.H3P/c1-4(2)3;/h;1H3. The summed E-state index contributed by atoms with van der Waals surface area (Å²) in [5.41, 5.74) is 0. The maximum absolute atomic E-state index is 9.73. The van der Waals surface area contributed by atoms with Crippen molar-refractivity contribution in [3.05, 3.63) is 0 Å². The first-order chi connectivity index (χ1) is 1.73. The minimum absolute atomic E-state index is 0. The van der Waals surface area contributed by atoms with Crippen molar-refractivity contribution >= 4 is 18.8 Å². The van der Waals surface area contributed by atoms with Crippen LogP contribution in [-0.4, -0.2) is 0 Å². The van der Waals surface area contributed by atoms with E-state index < -0.39 is 8.85 Å². The summed E-state index contributed by atoms with van der Waals surface area (Å²) in [6, 6.07) is 0. The second-order valence-electron chi connectivity index (χ2n) is 0.192. The van der Waals surface area contributed by atoms with E-state index in [4.69, 9.17) is 0 Å². The number of hydrogen-bond acceptors (Lipinski definition) is 0. The Hall–Kier alpha value is 0.650. The molecular formula is H3F3P2. The Balaban J connectivity index is 0. The van der Waals surface area contributed by atoms with E-state index in [0.29, 0.717) is 0 Å². The molecular weight excluding hydrogens is 119 g/mol. The summed E-state index contributed by atoms with van der Waals surface area (Å²) in [6.07, 6.45) is 0. The zero-order chi connectivity index (χ0) is 3.58. The third kappa shape index (κ3) is 77.3. The second-order valence-corrected chi connectivity index (χ2v) is 0.575. The van der Waals surface area contributed by atoms with Crippen molar-refractivity contribution in [1.29, 1.82) is 0 Å². The molecule has 0 aromatic rings. The van der Waals surface area contributed by atoms with Crippen LogP contribution >= 0.6 is 18.8 Å². The minimum atomic E-state index is -4.12. The highest BCUT2D eigenvalue weighted by atomic mass is 31.2. The van der Waals surface area contributed by atoms with Crippen molar-refractivity contribution in [2.24, 2.45) is 0 Å². The van der Waals surface area contributed by atoms with E-state index in [9.17, 15) is 12.6 Å². The lowest BCUT2D eigenvalue weighted by Crippen LogP contribution is -1.10. The molecule has 0 aromatic carbocycles. The van der Waals surface area contributed by atoms with Crippen LogP contribution in [0.25, 0.3) is 0 Å². The quantitative estimate of drug-likeness (QED) is 0.432. The summed E-state index contributed by atoms with van der Waals surface area (Å²) in [4.78, 5) is 0. The average molecular weight is 122 g/mol. The van der Waals surface area contributed by atoms with Gasteiger partial charge in [0, 0.05) is 0 Å². The summed E-state index contributed by atoms with van der Waals surface area (Å²) in [5, 5.41) is 0. The van der Waals surface area contributed by atoms with Gasteiger partial charge in [0.2, 0.25) is 0 Å². The van der Waals surface area contributed by atoms with Gasteiger partial charge in [0.1, 0.15) is 0 Å². The molecule has 0 fully saturated rings. The lowest BCUT2D eigenvalue weighted by Gasteiger charge is -1.61. The summed E-state index contributed by atoms with van der Waals surface area (Å²) < 4.78 is 29.2. The summed E-state index contributed by atoms with van der Waals surface area (Å²) >= 11 is 0. The van der Waals surface area contributed by atoms with E-state index in [-0.39, 0.29) is 9.90 Å². The van der Waals surface area contributed by atoms with Crippen LogP contribution in [0.15, 0.2) is 0 Å². The Morgan fingerprint density at radius 2 is 1.00 bits per heavy atom. The van der Waals surface area contributed by atoms with Gasteiger partial charge in [-0.1, -0.05) is 0 Å². The fraction of sp³-hybridized carbons (Fsp3) is 0. The van der Waals surface area contributed by atoms with Gasteiger partial charge in [0.05, 0.1) is 0 Å². The van der Waals surface area contributed by atoms with E-state index in [0.717, 1.165) is 0 Å². The third-order valence-electron chi connectivity index (χ3n) is 0. The number of halogens is 3. The molecule has 5 heteroatoms. The van der Waals surface area contributed by atoms with E-state index in [1.54, 1.807) is 0 Å². The van der Waals surface area contributed by atoms with Crippen molar-refractivity contribution in [2.45, 2.75) is 0 Å². The van der Waals surface area contributed by atoms with Crippen LogP contribution in [-0.2, 0) is 0 Å². The van der Waals surface area contributed by atoms with E-state index in [1.165, 1.54) is 0 Å². The van der Waals surface area contributed by atoms with Crippen LogP contribution in [0.5, 0.6) is 0 Å². The first kappa shape index (κ1) is 9.17. The van der Waals surface area contributed by atoms with Crippen LogP contribution < -0.4 is 0 Å². The highest BCUT2D eigenvalue weighted by molar-refractivity contribution is 7.40. The fourth-order valence-electron chi connectivity index (χ4n) is 0. The highest BCUT2D eigenvalue weighted by Crippen LogP contribution is 2.39. The minimum Gasteiger partial charge on any atom is -0.153 e. The highest BCUT2D eigenvalue weighted by Gasteiger charge is 1.91. The molecule has 0 aliphatic rings. The molecule has 34 valence electrons. The first-order valence-corrected chi connectivity index (χ1v) is 1.52. The zero-order valence-corrected chi connectivity index (χ0v) is 4.60. The molecule has 0 saturated heterocycles. The molecule has 0 bridgehead atoms. The molecule has 0 amide bonds. The van der Waals surface area contributed by atoms with E-state index in [1.807, 2.05) is 0 Å². The number of hydrogen-bond donors (Lipinski definition) is 0. The topological polar surface area (TPSA) is 0 Å². The molecule has 0 nitrogen and oxygen atoms in total. The van der Waals surface area contributed by atoms with Crippen molar-refractivity contribution in [2.75, 3.05) is 0 Å². The zero-order valence-electron chi connectivity index (χ0n) is 2.29. The van der Waals surface area contributed by atoms with Crippen LogP contribution in [0.4, 0.5) is 12.6 Å². The largest absolute Gasteiger partial charge is 0.456 e. The number of rotatable bonds is 0. The average Bonchev–Trinajstić information content (AvgIpc) is 0.811. The lowest BCUT2D eigenvalue weighted by atomic mass is 18.8. The predicted octanol–water partition coefficient (Wildman–Crippen LogP) is 2.18. The van der Waals surface area contributed by atoms with Gasteiger partial charge in [0.25, 0.3) is 0 Å². The molecule has 0 N–H and O–H groups in total. The van der Waals surface area contributed by atoms with Gasteiger partial charge < -0.3 is 0 Å². The van der Waals surface area contributed by atoms with Gasteiger partial charge in [0.15, 0.2) is 0 Å². The second kappa shape index (κ2) is 4.65. The van der Waals surface area contributed by atoms with Gasteiger partial charge in [-0.3, -0.25) is 0 Å². The molecule has 0 aromatic heterocycles. The molecule has 1 unspecified atom stereocenters. The van der Waals surface area contributed by atoms with Gasteiger partial charge >= 0.3 is 8.85 Å². The van der Waals surface area contributed by atoms with Crippen LogP contribution in [0.2, 0.25) is 0 Å².